The van der Waals surface area contributed by atoms with Gasteiger partial charge in [0, 0.05) is 16.2 Å². The van der Waals surface area contributed by atoms with Crippen molar-refractivity contribution in [2.75, 3.05) is 5.32 Å². The Morgan fingerprint density at radius 1 is 1.11 bits per heavy atom. The standard InChI is InChI=1S/C15H16BrNO/c1-10-7-13(16)9-14(8-10)17-11(2)12-3-5-15(18)6-4-12/h3-9,11,17-18H,1-2H3. The Balaban J connectivity index is 2.15. The molecule has 94 valence electrons. The number of phenolic OH excluding ortho intramolecular Hbond substituents is 1. The first kappa shape index (κ1) is 13.0. The monoisotopic (exact) mass is 305 g/mol. The minimum atomic E-state index is 0.194. The van der Waals surface area contributed by atoms with Gasteiger partial charge in [-0.2, -0.15) is 0 Å². The second-order valence-corrected chi connectivity index (χ2v) is 5.39. The van der Waals surface area contributed by atoms with E-state index in [1.807, 2.05) is 12.1 Å². The van der Waals surface area contributed by atoms with E-state index in [4.69, 9.17) is 0 Å². The molecule has 0 saturated heterocycles. The van der Waals surface area contributed by atoms with Crippen LogP contribution >= 0.6 is 15.9 Å². The fourth-order valence-corrected chi connectivity index (χ4v) is 2.52. The van der Waals surface area contributed by atoms with E-state index >= 15 is 0 Å². The number of halogens is 1. The lowest BCUT2D eigenvalue weighted by molar-refractivity contribution is 0.475. The van der Waals surface area contributed by atoms with Crippen molar-refractivity contribution in [2.45, 2.75) is 19.9 Å². The summed E-state index contributed by atoms with van der Waals surface area (Å²) in [7, 11) is 0. The molecule has 0 radical (unpaired) electrons. The van der Waals surface area contributed by atoms with Crippen molar-refractivity contribution in [1.29, 1.82) is 0 Å². The Bertz CT molecular complexity index is 516. The van der Waals surface area contributed by atoms with Crippen LogP contribution in [0.15, 0.2) is 46.9 Å². The van der Waals surface area contributed by atoms with E-state index in [-0.39, 0.29) is 6.04 Å². The van der Waals surface area contributed by atoms with Crippen molar-refractivity contribution < 1.29 is 5.11 Å². The van der Waals surface area contributed by atoms with Crippen molar-refractivity contribution >= 4 is 21.6 Å². The molecular weight excluding hydrogens is 290 g/mol. The Labute approximate surface area is 116 Å². The van der Waals surface area contributed by atoms with Crippen LogP contribution in [0, 0.1) is 6.92 Å². The van der Waals surface area contributed by atoms with E-state index in [9.17, 15) is 5.11 Å². The molecule has 2 N–H and O–H groups in total. The molecule has 0 saturated carbocycles. The summed E-state index contributed by atoms with van der Waals surface area (Å²) in [6, 6.07) is 13.7. The second-order valence-electron chi connectivity index (χ2n) is 4.47. The number of anilines is 1. The average Bonchev–Trinajstić information content (AvgIpc) is 2.28. The number of benzene rings is 2. The predicted molar refractivity (Wildman–Crippen MR) is 79.0 cm³/mol. The maximum absolute atomic E-state index is 9.27. The van der Waals surface area contributed by atoms with Gasteiger partial charge in [-0.3, -0.25) is 0 Å². The molecule has 1 unspecified atom stereocenters. The zero-order valence-corrected chi connectivity index (χ0v) is 12.0. The summed E-state index contributed by atoms with van der Waals surface area (Å²) < 4.78 is 1.07. The van der Waals surface area contributed by atoms with E-state index < -0.39 is 0 Å². The number of hydrogen-bond acceptors (Lipinski definition) is 2. The molecule has 0 aliphatic heterocycles. The van der Waals surface area contributed by atoms with Gasteiger partial charge in [-0.25, -0.2) is 0 Å². The molecule has 0 aromatic heterocycles. The highest BCUT2D eigenvalue weighted by Gasteiger charge is 2.06. The lowest BCUT2D eigenvalue weighted by Gasteiger charge is -2.16. The summed E-state index contributed by atoms with van der Waals surface area (Å²) >= 11 is 3.50. The van der Waals surface area contributed by atoms with Gasteiger partial charge in [-0.1, -0.05) is 28.1 Å². The number of aryl methyl sites for hydroxylation is 1. The third-order valence-corrected chi connectivity index (χ3v) is 3.28. The number of hydrogen-bond donors (Lipinski definition) is 2. The van der Waals surface area contributed by atoms with Gasteiger partial charge in [0.25, 0.3) is 0 Å². The van der Waals surface area contributed by atoms with E-state index in [1.54, 1.807) is 12.1 Å². The maximum atomic E-state index is 9.27. The van der Waals surface area contributed by atoms with Gasteiger partial charge in [-0.05, 0) is 55.3 Å². The van der Waals surface area contributed by atoms with Crippen LogP contribution in [0.25, 0.3) is 0 Å². The first-order valence-corrected chi connectivity index (χ1v) is 6.66. The Morgan fingerprint density at radius 2 is 1.78 bits per heavy atom. The van der Waals surface area contributed by atoms with Gasteiger partial charge in [0.1, 0.15) is 5.75 Å². The Morgan fingerprint density at radius 3 is 2.39 bits per heavy atom. The SMILES string of the molecule is Cc1cc(Br)cc(NC(C)c2ccc(O)cc2)c1. The molecule has 1 atom stereocenters. The highest BCUT2D eigenvalue weighted by Crippen LogP contribution is 2.24. The number of aromatic hydroxyl groups is 1. The highest BCUT2D eigenvalue weighted by molar-refractivity contribution is 9.10. The molecule has 0 bridgehead atoms. The summed E-state index contributed by atoms with van der Waals surface area (Å²) in [5.74, 6) is 0.296. The van der Waals surface area contributed by atoms with Gasteiger partial charge in [0.15, 0.2) is 0 Å². The smallest absolute Gasteiger partial charge is 0.115 e. The lowest BCUT2D eigenvalue weighted by Crippen LogP contribution is -2.06. The summed E-state index contributed by atoms with van der Waals surface area (Å²) in [6.45, 7) is 4.17. The molecule has 2 aromatic rings. The molecular formula is C15H16BrNO. The first-order valence-electron chi connectivity index (χ1n) is 5.87. The number of nitrogens with one attached hydrogen (secondary N) is 1. The fraction of sp³-hybridized carbons (Fsp3) is 0.200. The van der Waals surface area contributed by atoms with Crippen molar-refractivity contribution in [2.24, 2.45) is 0 Å². The predicted octanol–water partition coefficient (Wildman–Crippen LogP) is 4.64. The highest BCUT2D eigenvalue weighted by atomic mass is 79.9. The molecule has 0 spiro atoms. The van der Waals surface area contributed by atoms with Crippen molar-refractivity contribution in [3.05, 3.63) is 58.1 Å². The Hall–Kier alpha value is -1.48. The minimum Gasteiger partial charge on any atom is -0.508 e. The minimum absolute atomic E-state index is 0.194. The normalized spacial score (nSPS) is 12.2. The van der Waals surface area contributed by atoms with Gasteiger partial charge < -0.3 is 10.4 Å². The lowest BCUT2D eigenvalue weighted by atomic mass is 10.1. The van der Waals surface area contributed by atoms with Crippen LogP contribution in [-0.2, 0) is 0 Å². The molecule has 2 aromatic carbocycles. The molecule has 0 fully saturated rings. The second kappa shape index (κ2) is 5.44. The molecule has 2 nitrogen and oxygen atoms in total. The van der Waals surface area contributed by atoms with E-state index in [0.29, 0.717) is 5.75 Å². The van der Waals surface area contributed by atoms with Gasteiger partial charge >= 0.3 is 0 Å². The third-order valence-electron chi connectivity index (χ3n) is 2.82. The van der Waals surface area contributed by atoms with Crippen LogP contribution in [0.5, 0.6) is 5.75 Å². The zero-order chi connectivity index (χ0) is 13.1. The topological polar surface area (TPSA) is 32.3 Å². The zero-order valence-electron chi connectivity index (χ0n) is 10.4. The van der Waals surface area contributed by atoms with Gasteiger partial charge in [0.2, 0.25) is 0 Å². The summed E-state index contributed by atoms with van der Waals surface area (Å²) in [4.78, 5) is 0. The van der Waals surface area contributed by atoms with Crippen LogP contribution in [0.4, 0.5) is 5.69 Å². The van der Waals surface area contributed by atoms with E-state index in [0.717, 1.165) is 15.7 Å². The molecule has 0 heterocycles. The van der Waals surface area contributed by atoms with E-state index in [2.05, 4.69) is 53.3 Å². The maximum Gasteiger partial charge on any atom is 0.115 e. The van der Waals surface area contributed by atoms with Gasteiger partial charge in [-0.15, -0.1) is 0 Å². The van der Waals surface area contributed by atoms with Crippen molar-refractivity contribution in [3.8, 4) is 5.75 Å². The van der Waals surface area contributed by atoms with E-state index in [1.165, 1.54) is 5.56 Å². The van der Waals surface area contributed by atoms with Gasteiger partial charge in [0.05, 0.1) is 0 Å². The summed E-state index contributed by atoms with van der Waals surface area (Å²) in [5, 5.41) is 12.7. The molecule has 0 aliphatic rings. The largest absolute Gasteiger partial charge is 0.508 e. The van der Waals surface area contributed by atoms with Crippen molar-refractivity contribution in [1.82, 2.24) is 0 Å². The molecule has 0 amide bonds. The average molecular weight is 306 g/mol. The van der Waals surface area contributed by atoms with Crippen LogP contribution in [0.3, 0.4) is 0 Å². The molecule has 2 rings (SSSR count). The van der Waals surface area contributed by atoms with Crippen molar-refractivity contribution in [3.63, 3.8) is 0 Å². The van der Waals surface area contributed by atoms with Crippen LogP contribution in [0.1, 0.15) is 24.1 Å². The number of rotatable bonds is 3. The quantitative estimate of drug-likeness (QED) is 0.866. The summed E-state index contributed by atoms with van der Waals surface area (Å²) in [5.41, 5.74) is 3.44. The van der Waals surface area contributed by atoms with Crippen LogP contribution in [-0.4, -0.2) is 5.11 Å². The number of phenols is 1. The van der Waals surface area contributed by atoms with Crippen LogP contribution < -0.4 is 5.32 Å². The molecule has 18 heavy (non-hydrogen) atoms. The fourth-order valence-electron chi connectivity index (χ4n) is 1.92. The Kier molecular flexibility index (Phi) is 3.92. The first-order chi connectivity index (χ1) is 8.54. The molecule has 0 aliphatic carbocycles. The third kappa shape index (κ3) is 3.26. The van der Waals surface area contributed by atoms with Crippen LogP contribution in [0.2, 0.25) is 0 Å². The summed E-state index contributed by atoms with van der Waals surface area (Å²) in [6.07, 6.45) is 0. The molecule has 3 heteroatoms.